The maximum Gasteiger partial charge on any atom is 0.275 e. The molecule has 0 atom stereocenters. The normalized spacial score (nSPS) is 10.7. The van der Waals surface area contributed by atoms with Crippen LogP contribution in [0.5, 0.6) is 0 Å². The Morgan fingerprint density at radius 2 is 2.13 bits per heavy atom. The Hall–Kier alpha value is -2.41. The van der Waals surface area contributed by atoms with Crippen molar-refractivity contribution >= 4 is 27.7 Å². The molecule has 1 N–H and O–H groups in total. The van der Waals surface area contributed by atoms with E-state index in [1.807, 2.05) is 31.2 Å². The predicted molar refractivity (Wildman–Crippen MR) is 91.4 cm³/mol. The molecular formula is C16H16BrN5O. The van der Waals surface area contributed by atoms with Gasteiger partial charge in [0.1, 0.15) is 11.5 Å². The molecule has 6 nitrogen and oxygen atoms in total. The van der Waals surface area contributed by atoms with Gasteiger partial charge in [0.25, 0.3) is 5.91 Å². The van der Waals surface area contributed by atoms with Gasteiger partial charge in [0.2, 0.25) is 0 Å². The monoisotopic (exact) mass is 373 g/mol. The van der Waals surface area contributed by atoms with Crippen LogP contribution in [-0.4, -0.2) is 25.5 Å². The molecule has 3 rings (SSSR count). The van der Waals surface area contributed by atoms with E-state index in [2.05, 4.69) is 31.4 Å². The van der Waals surface area contributed by atoms with Gasteiger partial charge >= 0.3 is 0 Å². The number of nitrogens with one attached hydrogen (secondary N) is 1. The quantitative estimate of drug-likeness (QED) is 0.764. The molecule has 0 unspecified atom stereocenters. The number of benzene rings is 1. The third-order valence-electron chi connectivity index (χ3n) is 3.41. The van der Waals surface area contributed by atoms with Gasteiger partial charge in [0.05, 0.1) is 18.4 Å². The largest absolute Gasteiger partial charge is 0.305 e. The van der Waals surface area contributed by atoms with Crippen molar-refractivity contribution in [1.82, 2.24) is 19.6 Å². The Morgan fingerprint density at radius 3 is 2.83 bits per heavy atom. The van der Waals surface area contributed by atoms with Crippen LogP contribution in [0.3, 0.4) is 0 Å². The highest BCUT2D eigenvalue weighted by Gasteiger charge is 2.14. The second-order valence-corrected chi connectivity index (χ2v) is 6.17. The number of hydrogen-bond donors (Lipinski definition) is 1. The van der Waals surface area contributed by atoms with E-state index in [9.17, 15) is 4.79 Å². The van der Waals surface area contributed by atoms with Crippen LogP contribution in [0.15, 0.2) is 47.1 Å². The van der Waals surface area contributed by atoms with Crippen LogP contribution in [-0.2, 0) is 13.6 Å². The van der Waals surface area contributed by atoms with Crippen molar-refractivity contribution in [3.05, 3.63) is 64.0 Å². The Kier molecular flexibility index (Phi) is 4.29. The van der Waals surface area contributed by atoms with Crippen molar-refractivity contribution in [1.29, 1.82) is 0 Å². The molecule has 0 spiro atoms. The lowest BCUT2D eigenvalue weighted by molar-refractivity contribution is 0.101. The van der Waals surface area contributed by atoms with Gasteiger partial charge in [0, 0.05) is 17.6 Å². The first-order chi connectivity index (χ1) is 11.0. The molecule has 23 heavy (non-hydrogen) atoms. The summed E-state index contributed by atoms with van der Waals surface area (Å²) in [6, 6.07) is 11.5. The molecule has 0 saturated carbocycles. The molecule has 3 aromatic rings. The van der Waals surface area contributed by atoms with Crippen molar-refractivity contribution in [2.45, 2.75) is 13.5 Å². The minimum atomic E-state index is -0.205. The summed E-state index contributed by atoms with van der Waals surface area (Å²) in [6.45, 7) is 2.43. The lowest BCUT2D eigenvalue weighted by Gasteiger charge is -2.09. The summed E-state index contributed by atoms with van der Waals surface area (Å²) in [5, 5.41) is 11.4. The highest BCUT2D eigenvalue weighted by molar-refractivity contribution is 9.10. The molecule has 1 aromatic carbocycles. The maximum atomic E-state index is 12.4. The van der Waals surface area contributed by atoms with Crippen molar-refractivity contribution in [3.63, 3.8) is 0 Å². The summed E-state index contributed by atoms with van der Waals surface area (Å²) >= 11 is 3.46. The van der Waals surface area contributed by atoms with E-state index < -0.39 is 0 Å². The van der Waals surface area contributed by atoms with Crippen LogP contribution in [0.1, 0.15) is 21.7 Å². The van der Waals surface area contributed by atoms with Gasteiger partial charge in [-0.1, -0.05) is 28.1 Å². The van der Waals surface area contributed by atoms with E-state index in [0.29, 0.717) is 18.1 Å². The Morgan fingerprint density at radius 1 is 1.30 bits per heavy atom. The highest BCUT2D eigenvalue weighted by atomic mass is 79.9. The Balaban J connectivity index is 1.78. The van der Waals surface area contributed by atoms with Crippen molar-refractivity contribution < 1.29 is 4.79 Å². The number of nitrogens with zero attached hydrogens (tertiary/aromatic N) is 4. The molecule has 118 valence electrons. The van der Waals surface area contributed by atoms with Crippen LogP contribution in [0.25, 0.3) is 0 Å². The number of aromatic nitrogens is 4. The van der Waals surface area contributed by atoms with Crippen LogP contribution in [0.4, 0.5) is 5.82 Å². The van der Waals surface area contributed by atoms with Crippen molar-refractivity contribution in [2.75, 3.05) is 5.32 Å². The Labute approximate surface area is 142 Å². The average Bonchev–Trinajstić information content (AvgIpc) is 3.05. The first kappa shape index (κ1) is 15.5. The van der Waals surface area contributed by atoms with Crippen LogP contribution >= 0.6 is 15.9 Å². The van der Waals surface area contributed by atoms with Gasteiger partial charge in [-0.25, -0.2) is 4.68 Å². The topological polar surface area (TPSA) is 64.7 Å². The van der Waals surface area contributed by atoms with Gasteiger partial charge in [-0.2, -0.15) is 10.2 Å². The van der Waals surface area contributed by atoms with E-state index in [-0.39, 0.29) is 5.91 Å². The van der Waals surface area contributed by atoms with Crippen LogP contribution in [0, 0.1) is 6.92 Å². The van der Waals surface area contributed by atoms with Gasteiger partial charge < -0.3 is 5.32 Å². The summed E-state index contributed by atoms with van der Waals surface area (Å²) in [7, 11) is 1.75. The zero-order valence-electron chi connectivity index (χ0n) is 12.8. The number of amides is 1. The van der Waals surface area contributed by atoms with E-state index in [1.54, 1.807) is 34.7 Å². The average molecular weight is 374 g/mol. The lowest BCUT2D eigenvalue weighted by Crippen LogP contribution is -2.19. The fourth-order valence-electron chi connectivity index (χ4n) is 2.38. The fraction of sp³-hybridized carbons (Fsp3) is 0.188. The van der Waals surface area contributed by atoms with E-state index >= 15 is 0 Å². The number of anilines is 1. The first-order valence-electron chi connectivity index (χ1n) is 7.11. The van der Waals surface area contributed by atoms with Gasteiger partial charge in [-0.15, -0.1) is 0 Å². The summed E-state index contributed by atoms with van der Waals surface area (Å²) < 4.78 is 4.33. The zero-order valence-corrected chi connectivity index (χ0v) is 14.4. The predicted octanol–water partition coefficient (Wildman–Crippen LogP) is 2.99. The molecule has 0 radical (unpaired) electrons. The summed E-state index contributed by atoms with van der Waals surface area (Å²) in [5.41, 5.74) is 2.41. The number of carbonyl (C=O) groups excluding carboxylic acids is 1. The SMILES string of the molecule is Cc1cc(C(=O)Nc2ccnn2Cc2cccc(Br)c2)n(C)n1. The highest BCUT2D eigenvalue weighted by Crippen LogP contribution is 2.15. The number of rotatable bonds is 4. The fourth-order valence-corrected chi connectivity index (χ4v) is 2.82. The molecule has 2 heterocycles. The number of carbonyl (C=O) groups is 1. The molecule has 0 aliphatic heterocycles. The molecule has 0 bridgehead atoms. The number of aryl methyl sites for hydroxylation is 2. The molecule has 0 fully saturated rings. The Bertz CT molecular complexity index is 852. The minimum Gasteiger partial charge on any atom is -0.305 e. The third-order valence-corrected chi connectivity index (χ3v) is 3.91. The van der Waals surface area contributed by atoms with Crippen molar-refractivity contribution in [3.8, 4) is 0 Å². The van der Waals surface area contributed by atoms with Crippen LogP contribution in [0.2, 0.25) is 0 Å². The molecule has 7 heteroatoms. The molecule has 0 aliphatic rings. The lowest BCUT2D eigenvalue weighted by atomic mass is 10.2. The van der Waals surface area contributed by atoms with Crippen molar-refractivity contribution in [2.24, 2.45) is 7.05 Å². The standard InChI is InChI=1S/C16H16BrN5O/c1-11-8-14(21(2)20-11)16(23)19-15-6-7-18-22(15)10-12-4-3-5-13(17)9-12/h3-9H,10H2,1-2H3,(H,19,23). The second kappa shape index (κ2) is 6.37. The summed E-state index contributed by atoms with van der Waals surface area (Å²) in [6.07, 6.45) is 1.67. The molecule has 0 aliphatic carbocycles. The van der Waals surface area contributed by atoms with Crippen LogP contribution < -0.4 is 5.32 Å². The maximum absolute atomic E-state index is 12.4. The first-order valence-corrected chi connectivity index (χ1v) is 7.90. The van der Waals surface area contributed by atoms with E-state index in [4.69, 9.17) is 0 Å². The van der Waals surface area contributed by atoms with Gasteiger partial charge in [0.15, 0.2) is 0 Å². The molecule has 2 aromatic heterocycles. The minimum absolute atomic E-state index is 0.205. The molecule has 1 amide bonds. The zero-order chi connectivity index (χ0) is 16.4. The molecule has 0 saturated heterocycles. The second-order valence-electron chi connectivity index (χ2n) is 5.25. The van der Waals surface area contributed by atoms with Gasteiger partial charge in [-0.3, -0.25) is 9.48 Å². The smallest absolute Gasteiger partial charge is 0.275 e. The third kappa shape index (κ3) is 3.50. The number of halogens is 1. The van der Waals surface area contributed by atoms with E-state index in [0.717, 1.165) is 15.7 Å². The molecular weight excluding hydrogens is 358 g/mol. The van der Waals surface area contributed by atoms with Gasteiger partial charge in [-0.05, 0) is 30.7 Å². The summed E-state index contributed by atoms with van der Waals surface area (Å²) in [5.74, 6) is 0.443. The number of hydrogen-bond acceptors (Lipinski definition) is 3. The summed E-state index contributed by atoms with van der Waals surface area (Å²) in [4.78, 5) is 12.4. The van der Waals surface area contributed by atoms with E-state index in [1.165, 1.54) is 0 Å².